The van der Waals surface area contributed by atoms with Crippen molar-refractivity contribution >= 4 is 5.69 Å². The van der Waals surface area contributed by atoms with Gasteiger partial charge < -0.3 is 4.90 Å². The van der Waals surface area contributed by atoms with Gasteiger partial charge in [0.1, 0.15) is 0 Å². The fourth-order valence-electron chi connectivity index (χ4n) is 1.37. The van der Waals surface area contributed by atoms with Gasteiger partial charge in [0.2, 0.25) is 0 Å². The summed E-state index contributed by atoms with van der Waals surface area (Å²) in [5.74, 6) is 0.765. The Labute approximate surface area is 89.4 Å². The zero-order valence-corrected chi connectivity index (χ0v) is 8.88. The standard InChI is InChI=1S/C12H13N3/c1-15(2)11-6-3-5-10(9-11)12-13-7-4-8-14-12/h3-9H,1-2H3. The molecule has 1 heterocycles. The molecule has 15 heavy (non-hydrogen) atoms. The fourth-order valence-corrected chi connectivity index (χ4v) is 1.37. The van der Waals surface area contributed by atoms with E-state index < -0.39 is 0 Å². The van der Waals surface area contributed by atoms with E-state index in [2.05, 4.69) is 27.0 Å². The van der Waals surface area contributed by atoms with Gasteiger partial charge in [0, 0.05) is 37.7 Å². The number of hydrogen-bond acceptors (Lipinski definition) is 3. The SMILES string of the molecule is CN(C)c1cccc(-c2ncccn2)c1. The second kappa shape index (κ2) is 4.09. The summed E-state index contributed by atoms with van der Waals surface area (Å²) >= 11 is 0. The summed E-state index contributed by atoms with van der Waals surface area (Å²) in [5.41, 5.74) is 2.20. The van der Waals surface area contributed by atoms with E-state index in [1.807, 2.05) is 32.3 Å². The first-order valence-electron chi connectivity index (χ1n) is 4.82. The van der Waals surface area contributed by atoms with E-state index in [-0.39, 0.29) is 0 Å². The monoisotopic (exact) mass is 199 g/mol. The molecule has 3 heteroatoms. The Kier molecular flexibility index (Phi) is 2.63. The van der Waals surface area contributed by atoms with Crippen LogP contribution in [0.25, 0.3) is 11.4 Å². The van der Waals surface area contributed by atoms with Crippen LogP contribution in [0.5, 0.6) is 0 Å². The summed E-state index contributed by atoms with van der Waals surface area (Å²) in [7, 11) is 4.04. The van der Waals surface area contributed by atoms with Crippen LogP contribution in [-0.2, 0) is 0 Å². The van der Waals surface area contributed by atoms with Crippen LogP contribution in [0, 0.1) is 0 Å². The summed E-state index contributed by atoms with van der Waals surface area (Å²) in [6.07, 6.45) is 3.51. The van der Waals surface area contributed by atoms with Crippen molar-refractivity contribution in [1.29, 1.82) is 0 Å². The van der Waals surface area contributed by atoms with E-state index in [4.69, 9.17) is 0 Å². The summed E-state index contributed by atoms with van der Waals surface area (Å²) in [5, 5.41) is 0. The topological polar surface area (TPSA) is 29.0 Å². The first-order valence-corrected chi connectivity index (χ1v) is 4.82. The van der Waals surface area contributed by atoms with E-state index in [1.54, 1.807) is 12.4 Å². The molecule has 0 radical (unpaired) electrons. The minimum atomic E-state index is 0.765. The number of benzene rings is 1. The smallest absolute Gasteiger partial charge is 0.159 e. The van der Waals surface area contributed by atoms with Crippen LogP contribution in [0.3, 0.4) is 0 Å². The van der Waals surface area contributed by atoms with Gasteiger partial charge in [0.25, 0.3) is 0 Å². The highest BCUT2D eigenvalue weighted by atomic mass is 15.1. The molecule has 3 nitrogen and oxygen atoms in total. The van der Waals surface area contributed by atoms with Crippen LogP contribution >= 0.6 is 0 Å². The Morgan fingerprint density at radius 1 is 1.00 bits per heavy atom. The summed E-state index contributed by atoms with van der Waals surface area (Å²) < 4.78 is 0. The van der Waals surface area contributed by atoms with Gasteiger partial charge in [-0.1, -0.05) is 12.1 Å². The molecular formula is C12H13N3. The summed E-state index contributed by atoms with van der Waals surface area (Å²) in [6.45, 7) is 0. The third-order valence-electron chi connectivity index (χ3n) is 2.19. The van der Waals surface area contributed by atoms with Crippen molar-refractivity contribution in [2.45, 2.75) is 0 Å². The predicted molar refractivity (Wildman–Crippen MR) is 61.8 cm³/mol. The number of aromatic nitrogens is 2. The number of nitrogens with zero attached hydrogens (tertiary/aromatic N) is 3. The van der Waals surface area contributed by atoms with E-state index in [0.717, 1.165) is 17.1 Å². The largest absolute Gasteiger partial charge is 0.378 e. The van der Waals surface area contributed by atoms with Gasteiger partial charge in [0.15, 0.2) is 5.82 Å². The lowest BCUT2D eigenvalue weighted by Crippen LogP contribution is -2.08. The minimum Gasteiger partial charge on any atom is -0.378 e. The maximum absolute atomic E-state index is 4.22. The first kappa shape index (κ1) is 9.65. The predicted octanol–water partition coefficient (Wildman–Crippen LogP) is 2.21. The molecule has 0 saturated carbocycles. The van der Waals surface area contributed by atoms with Crippen molar-refractivity contribution < 1.29 is 0 Å². The van der Waals surface area contributed by atoms with Crippen LogP contribution in [0.1, 0.15) is 0 Å². The quantitative estimate of drug-likeness (QED) is 0.742. The van der Waals surface area contributed by atoms with Gasteiger partial charge in [-0.3, -0.25) is 0 Å². The molecule has 1 aromatic heterocycles. The molecule has 2 aromatic rings. The van der Waals surface area contributed by atoms with Crippen molar-refractivity contribution in [2.75, 3.05) is 19.0 Å². The second-order valence-electron chi connectivity index (χ2n) is 3.52. The first-order chi connectivity index (χ1) is 7.27. The molecule has 0 saturated heterocycles. The lowest BCUT2D eigenvalue weighted by molar-refractivity contribution is 1.13. The summed E-state index contributed by atoms with van der Waals surface area (Å²) in [6, 6.07) is 9.99. The third kappa shape index (κ3) is 2.13. The Balaban J connectivity index is 2.42. The average molecular weight is 199 g/mol. The van der Waals surface area contributed by atoms with Crippen LogP contribution < -0.4 is 4.90 Å². The van der Waals surface area contributed by atoms with Crippen molar-refractivity contribution in [1.82, 2.24) is 9.97 Å². The second-order valence-corrected chi connectivity index (χ2v) is 3.52. The average Bonchev–Trinajstić information content (AvgIpc) is 2.30. The molecule has 0 aliphatic carbocycles. The van der Waals surface area contributed by atoms with E-state index in [0.29, 0.717) is 0 Å². The highest BCUT2D eigenvalue weighted by Gasteiger charge is 2.01. The zero-order valence-electron chi connectivity index (χ0n) is 8.88. The maximum atomic E-state index is 4.22. The van der Waals surface area contributed by atoms with Crippen molar-refractivity contribution in [3.05, 3.63) is 42.7 Å². The molecule has 0 aliphatic heterocycles. The van der Waals surface area contributed by atoms with E-state index in [1.165, 1.54) is 0 Å². The molecule has 0 N–H and O–H groups in total. The molecule has 0 unspecified atom stereocenters. The number of rotatable bonds is 2. The van der Waals surface area contributed by atoms with Gasteiger partial charge in [-0.15, -0.1) is 0 Å². The van der Waals surface area contributed by atoms with Gasteiger partial charge >= 0.3 is 0 Å². The lowest BCUT2D eigenvalue weighted by Gasteiger charge is -2.12. The van der Waals surface area contributed by atoms with Gasteiger partial charge in [-0.05, 0) is 18.2 Å². The molecule has 0 amide bonds. The van der Waals surface area contributed by atoms with E-state index >= 15 is 0 Å². The molecule has 0 atom stereocenters. The number of anilines is 1. The fraction of sp³-hybridized carbons (Fsp3) is 0.167. The lowest BCUT2D eigenvalue weighted by atomic mass is 10.2. The molecular weight excluding hydrogens is 186 g/mol. The minimum absolute atomic E-state index is 0.765. The van der Waals surface area contributed by atoms with Crippen LogP contribution in [0.4, 0.5) is 5.69 Å². The Hall–Kier alpha value is -1.90. The highest BCUT2D eigenvalue weighted by Crippen LogP contribution is 2.19. The van der Waals surface area contributed by atoms with Crippen LogP contribution in [-0.4, -0.2) is 24.1 Å². The molecule has 0 aliphatic rings. The Bertz CT molecular complexity index is 438. The molecule has 0 spiro atoms. The van der Waals surface area contributed by atoms with E-state index in [9.17, 15) is 0 Å². The summed E-state index contributed by atoms with van der Waals surface area (Å²) in [4.78, 5) is 10.5. The van der Waals surface area contributed by atoms with Crippen molar-refractivity contribution in [3.8, 4) is 11.4 Å². The Morgan fingerprint density at radius 2 is 1.73 bits per heavy atom. The van der Waals surface area contributed by atoms with Gasteiger partial charge in [-0.2, -0.15) is 0 Å². The molecule has 0 fully saturated rings. The van der Waals surface area contributed by atoms with Gasteiger partial charge in [-0.25, -0.2) is 9.97 Å². The third-order valence-corrected chi connectivity index (χ3v) is 2.19. The van der Waals surface area contributed by atoms with Gasteiger partial charge in [0.05, 0.1) is 0 Å². The molecule has 76 valence electrons. The highest BCUT2D eigenvalue weighted by molar-refractivity contribution is 5.62. The van der Waals surface area contributed by atoms with Crippen molar-refractivity contribution in [3.63, 3.8) is 0 Å². The number of hydrogen-bond donors (Lipinski definition) is 0. The maximum Gasteiger partial charge on any atom is 0.159 e. The molecule has 1 aromatic carbocycles. The van der Waals surface area contributed by atoms with Crippen molar-refractivity contribution in [2.24, 2.45) is 0 Å². The molecule has 0 bridgehead atoms. The Morgan fingerprint density at radius 3 is 2.40 bits per heavy atom. The van der Waals surface area contributed by atoms with Crippen LogP contribution in [0.2, 0.25) is 0 Å². The molecule has 2 rings (SSSR count). The normalized spacial score (nSPS) is 10.0. The van der Waals surface area contributed by atoms with Crippen LogP contribution in [0.15, 0.2) is 42.7 Å². The zero-order chi connectivity index (χ0) is 10.7.